The SMILES string of the molecule is CN[C@]1(O)[C@H]2C=C(O)[C@]3(C[C@](O)(C(=O)O)[C@@H](Cc4ccccc4)[C@@H](OC(=O)/C=C/c4ccc(O)c(O)c4)[C@@]31OC(=O)/C=C/c1ccc(O)c(O)c1)OC2. The highest BCUT2D eigenvalue weighted by atomic mass is 16.6. The Morgan fingerprint density at radius 3 is 1.96 bits per heavy atom. The van der Waals surface area contributed by atoms with E-state index >= 15 is 0 Å². The second-order valence-corrected chi connectivity index (χ2v) is 13.2. The molecule has 1 saturated carbocycles. The molecular weight excluding hydrogens is 694 g/mol. The number of nitrogens with one attached hydrogen (secondary N) is 1. The van der Waals surface area contributed by atoms with Crippen molar-refractivity contribution in [2.24, 2.45) is 11.8 Å². The van der Waals surface area contributed by atoms with Crippen LogP contribution in [0.15, 0.2) is 90.7 Å². The predicted octanol–water partition coefficient (Wildman–Crippen LogP) is 2.26. The number of aliphatic hydroxyl groups excluding tert-OH is 1. The Balaban J connectivity index is 1.54. The van der Waals surface area contributed by atoms with Crippen molar-refractivity contribution in [1.29, 1.82) is 0 Å². The predicted molar refractivity (Wildman–Crippen MR) is 184 cm³/mol. The van der Waals surface area contributed by atoms with E-state index in [2.05, 4.69) is 5.32 Å². The fourth-order valence-corrected chi connectivity index (χ4v) is 7.67. The molecule has 7 atom stereocenters. The molecule has 278 valence electrons. The topological polar surface area (TPSA) is 253 Å². The standard InChI is InChI=1S/C38H37NO14/c1-39-38(50)24-18-30(44)36(51-19-24)20-35(49,34(47)48)25(15-21-5-3-2-4-6-21)33(52-31(45)13-9-22-7-11-26(40)28(42)16-22)37(36,38)53-32(46)14-10-23-8-12-27(41)29(43)17-23/h2-14,16-18,24-25,33,39-44,49-50H,15,19-20H2,1H3,(H,47,48)/b13-9+,14-10+/t24-,25-,33+,35+,36-,37+,38-/m0/s1. The second-order valence-electron chi connectivity index (χ2n) is 13.2. The number of carboxylic acid groups (broad SMARTS) is 1. The van der Waals surface area contributed by atoms with Crippen LogP contribution in [-0.4, -0.2) is 101 Å². The number of phenols is 4. The number of aromatic hydroxyl groups is 4. The van der Waals surface area contributed by atoms with Crippen molar-refractivity contribution < 1.29 is 69.4 Å². The summed E-state index contributed by atoms with van der Waals surface area (Å²) in [5, 5.41) is 89.2. The van der Waals surface area contributed by atoms with E-state index in [-0.39, 0.29) is 24.2 Å². The lowest BCUT2D eigenvalue weighted by Crippen LogP contribution is -2.90. The van der Waals surface area contributed by atoms with Crippen molar-refractivity contribution in [3.05, 3.63) is 107 Å². The van der Waals surface area contributed by atoms with Crippen LogP contribution in [0.2, 0.25) is 0 Å². The third-order valence-corrected chi connectivity index (χ3v) is 10.3. The lowest BCUT2D eigenvalue weighted by atomic mass is 9.49. The van der Waals surface area contributed by atoms with Crippen LogP contribution in [0.5, 0.6) is 23.0 Å². The highest BCUT2D eigenvalue weighted by Crippen LogP contribution is 2.63. The van der Waals surface area contributed by atoms with Gasteiger partial charge < -0.3 is 55.1 Å². The van der Waals surface area contributed by atoms with Crippen LogP contribution in [0.4, 0.5) is 0 Å². The number of aliphatic hydroxyl groups is 3. The maximum atomic E-state index is 13.9. The average Bonchev–Trinajstić information content (AvgIpc) is 3.13. The number of rotatable bonds is 10. The van der Waals surface area contributed by atoms with E-state index in [4.69, 9.17) is 14.2 Å². The Morgan fingerprint density at radius 1 is 0.849 bits per heavy atom. The van der Waals surface area contributed by atoms with Gasteiger partial charge in [0.05, 0.1) is 12.5 Å². The normalized spacial score (nSPS) is 30.5. The zero-order valence-corrected chi connectivity index (χ0v) is 28.1. The number of hydrogen-bond acceptors (Lipinski definition) is 14. The number of aliphatic carboxylic acids is 1. The van der Waals surface area contributed by atoms with Crippen molar-refractivity contribution in [3.8, 4) is 23.0 Å². The maximum absolute atomic E-state index is 13.9. The summed E-state index contributed by atoms with van der Waals surface area (Å²) in [6, 6.07) is 15.7. The average molecular weight is 732 g/mol. The van der Waals surface area contributed by atoms with Gasteiger partial charge >= 0.3 is 17.9 Å². The number of benzene rings is 3. The Morgan fingerprint density at radius 2 is 1.43 bits per heavy atom. The van der Waals surface area contributed by atoms with E-state index in [1.165, 1.54) is 49.5 Å². The van der Waals surface area contributed by atoms with Gasteiger partial charge in [-0.25, -0.2) is 14.4 Å². The van der Waals surface area contributed by atoms with E-state index in [9.17, 15) is 55.2 Å². The zero-order valence-electron chi connectivity index (χ0n) is 28.1. The van der Waals surface area contributed by atoms with Crippen LogP contribution in [-0.2, 0) is 35.0 Å². The molecular formula is C38H37NO14. The van der Waals surface area contributed by atoms with Gasteiger partial charge in [0.1, 0.15) is 5.76 Å². The van der Waals surface area contributed by atoms with Gasteiger partial charge in [-0.2, -0.15) is 0 Å². The largest absolute Gasteiger partial charge is 0.509 e. The minimum Gasteiger partial charge on any atom is -0.509 e. The van der Waals surface area contributed by atoms with Gasteiger partial charge in [0.2, 0.25) is 5.60 Å². The summed E-state index contributed by atoms with van der Waals surface area (Å²) in [4.78, 5) is 40.9. The Labute approximate surface area is 301 Å². The van der Waals surface area contributed by atoms with E-state index in [0.717, 1.165) is 24.3 Å². The Kier molecular flexibility index (Phi) is 9.47. The molecule has 9 N–H and O–H groups in total. The van der Waals surface area contributed by atoms with E-state index in [0.29, 0.717) is 5.56 Å². The molecule has 1 saturated heterocycles. The number of fused-ring (bicyclic) bond motifs is 1. The van der Waals surface area contributed by atoms with Gasteiger partial charge in [0.25, 0.3) is 0 Å². The minimum atomic E-state index is -2.86. The molecule has 0 unspecified atom stereocenters. The zero-order chi connectivity index (χ0) is 38.3. The van der Waals surface area contributed by atoms with Crippen molar-refractivity contribution in [1.82, 2.24) is 5.32 Å². The first-order valence-corrected chi connectivity index (χ1v) is 16.4. The third-order valence-electron chi connectivity index (χ3n) is 10.3. The number of carbonyl (C=O) groups excluding carboxylic acids is 2. The lowest BCUT2D eigenvalue weighted by molar-refractivity contribution is -0.387. The van der Waals surface area contributed by atoms with Gasteiger partial charge in [-0.3, -0.25) is 5.32 Å². The van der Waals surface area contributed by atoms with E-state index in [1.54, 1.807) is 30.3 Å². The van der Waals surface area contributed by atoms with Gasteiger partial charge in [0.15, 0.2) is 46.0 Å². The molecule has 2 bridgehead atoms. The molecule has 15 nitrogen and oxygen atoms in total. The van der Waals surface area contributed by atoms with Crippen molar-refractivity contribution >= 4 is 30.1 Å². The van der Waals surface area contributed by atoms with Crippen LogP contribution in [0.25, 0.3) is 12.2 Å². The molecule has 1 spiro atoms. The van der Waals surface area contributed by atoms with Gasteiger partial charge in [-0.05, 0) is 72.7 Å². The summed E-state index contributed by atoms with van der Waals surface area (Å²) in [6.45, 7) is -0.354. The first-order chi connectivity index (χ1) is 25.1. The summed E-state index contributed by atoms with van der Waals surface area (Å²) in [5.74, 6) is -9.54. The van der Waals surface area contributed by atoms with Gasteiger partial charge in [0, 0.05) is 24.5 Å². The molecule has 2 aliphatic heterocycles. The van der Waals surface area contributed by atoms with Crippen molar-refractivity contribution in [2.75, 3.05) is 13.7 Å². The monoisotopic (exact) mass is 731 g/mol. The quantitative estimate of drug-likeness (QED) is 0.0628. The van der Waals surface area contributed by atoms with Crippen LogP contribution < -0.4 is 5.32 Å². The molecule has 3 aromatic rings. The molecule has 2 aliphatic carbocycles. The number of ether oxygens (including phenoxy) is 3. The summed E-state index contributed by atoms with van der Waals surface area (Å²) in [6.07, 6.45) is 2.01. The molecule has 4 aliphatic rings. The molecule has 2 heterocycles. The minimum absolute atomic E-state index is 0.233. The number of likely N-dealkylation sites (N-methyl/N-ethyl adjacent to an activating group) is 1. The number of hydrogen-bond donors (Lipinski definition) is 9. The fourth-order valence-electron chi connectivity index (χ4n) is 7.67. The summed E-state index contributed by atoms with van der Waals surface area (Å²) >= 11 is 0. The summed E-state index contributed by atoms with van der Waals surface area (Å²) in [7, 11) is 1.31. The number of carboxylic acids is 1. The summed E-state index contributed by atoms with van der Waals surface area (Å²) < 4.78 is 18.3. The van der Waals surface area contributed by atoms with E-state index in [1.807, 2.05) is 0 Å². The van der Waals surface area contributed by atoms with E-state index < -0.39 is 93.6 Å². The maximum Gasteiger partial charge on any atom is 0.336 e. The first kappa shape index (κ1) is 36.9. The highest BCUT2D eigenvalue weighted by molar-refractivity contribution is 5.89. The smallest absolute Gasteiger partial charge is 0.336 e. The fraction of sp³-hybridized carbons (Fsp3) is 0.289. The van der Waals surface area contributed by atoms with Crippen LogP contribution in [0.3, 0.4) is 0 Å². The van der Waals surface area contributed by atoms with Gasteiger partial charge in [-0.1, -0.05) is 42.5 Å². The number of carbonyl (C=O) groups is 3. The molecule has 0 aromatic heterocycles. The molecule has 2 fully saturated rings. The second kappa shape index (κ2) is 13.6. The van der Waals surface area contributed by atoms with Crippen molar-refractivity contribution in [3.63, 3.8) is 0 Å². The molecule has 0 radical (unpaired) electrons. The highest BCUT2D eigenvalue weighted by Gasteiger charge is 2.85. The molecule has 53 heavy (non-hydrogen) atoms. The first-order valence-electron chi connectivity index (χ1n) is 16.4. The Hall–Kier alpha value is -5.87. The summed E-state index contributed by atoms with van der Waals surface area (Å²) in [5.41, 5.74) is -9.62. The molecule has 15 heteroatoms. The molecule has 3 aromatic carbocycles. The third kappa shape index (κ3) is 6.02. The number of phenolic OH excluding ortho intramolecular Hbond substituents is 4. The van der Waals surface area contributed by atoms with Crippen LogP contribution in [0, 0.1) is 11.8 Å². The van der Waals surface area contributed by atoms with Crippen LogP contribution in [0.1, 0.15) is 23.1 Å². The van der Waals surface area contributed by atoms with Crippen LogP contribution >= 0.6 is 0 Å². The Bertz CT molecular complexity index is 2030. The van der Waals surface area contributed by atoms with Gasteiger partial charge in [-0.15, -0.1) is 0 Å². The molecule has 0 amide bonds. The molecule has 7 rings (SSSR count). The number of esters is 2. The van der Waals surface area contributed by atoms with Crippen molar-refractivity contribution in [2.45, 2.75) is 41.5 Å². The lowest BCUT2D eigenvalue weighted by Gasteiger charge is -2.69.